The van der Waals surface area contributed by atoms with Crippen LogP contribution in [0.5, 0.6) is 0 Å². The molecule has 0 aliphatic rings. The number of aromatic carboxylic acids is 1. The molecule has 2 aromatic heterocycles. The number of furan rings is 1. The molecule has 1 atom stereocenters. The van der Waals surface area contributed by atoms with E-state index in [1.54, 1.807) is 13.3 Å². The van der Waals surface area contributed by atoms with Crippen LogP contribution in [-0.4, -0.2) is 32.8 Å². The van der Waals surface area contributed by atoms with Crippen molar-refractivity contribution in [2.24, 2.45) is 7.05 Å². The molecule has 1 amide bonds. The topological polar surface area (TPSA) is 97.4 Å². The summed E-state index contributed by atoms with van der Waals surface area (Å²) in [5.41, 5.74) is -0.178. The Hall–Kier alpha value is -2.57. The molecule has 2 aromatic rings. The number of nitrogens with zero attached hydrogens (tertiary/aromatic N) is 2. The number of hydrogen-bond donors (Lipinski definition) is 2. The molecule has 0 aliphatic heterocycles. The molecule has 7 nitrogen and oxygen atoms in total. The maximum absolute atomic E-state index is 12.1. The Labute approximate surface area is 121 Å². The second-order valence-electron chi connectivity index (χ2n) is 4.86. The van der Waals surface area contributed by atoms with Crippen molar-refractivity contribution < 1.29 is 19.1 Å². The van der Waals surface area contributed by atoms with Gasteiger partial charge in [-0.05, 0) is 25.5 Å². The van der Waals surface area contributed by atoms with Gasteiger partial charge in [-0.3, -0.25) is 9.48 Å². The predicted octanol–water partition coefficient (Wildman–Crippen LogP) is 1.46. The van der Waals surface area contributed by atoms with Crippen molar-refractivity contribution in [3.8, 4) is 0 Å². The van der Waals surface area contributed by atoms with Crippen LogP contribution in [0.25, 0.3) is 0 Å². The molecule has 2 N–H and O–H groups in total. The first kappa shape index (κ1) is 14.8. The van der Waals surface area contributed by atoms with Crippen LogP contribution in [0.2, 0.25) is 0 Å². The number of rotatable bonds is 6. The summed E-state index contributed by atoms with van der Waals surface area (Å²) in [5, 5.41) is 15.7. The highest BCUT2D eigenvalue weighted by Crippen LogP contribution is 2.09. The van der Waals surface area contributed by atoms with Crippen molar-refractivity contribution in [3.05, 3.63) is 41.6 Å². The summed E-state index contributed by atoms with van der Waals surface area (Å²) in [7, 11) is 1.57. The summed E-state index contributed by atoms with van der Waals surface area (Å²) in [6, 6.07) is 3.56. The fraction of sp³-hybridized carbons (Fsp3) is 0.357. The van der Waals surface area contributed by atoms with E-state index in [1.807, 2.05) is 19.1 Å². The van der Waals surface area contributed by atoms with Gasteiger partial charge in [0.1, 0.15) is 11.3 Å². The van der Waals surface area contributed by atoms with E-state index < -0.39 is 11.9 Å². The van der Waals surface area contributed by atoms with Gasteiger partial charge in [-0.25, -0.2) is 4.79 Å². The van der Waals surface area contributed by atoms with Crippen molar-refractivity contribution in [1.29, 1.82) is 0 Å². The lowest BCUT2D eigenvalue weighted by Crippen LogP contribution is -2.34. The van der Waals surface area contributed by atoms with Crippen molar-refractivity contribution in [3.63, 3.8) is 0 Å². The van der Waals surface area contributed by atoms with Gasteiger partial charge in [-0.1, -0.05) is 0 Å². The smallest absolute Gasteiger partial charge is 0.339 e. The van der Waals surface area contributed by atoms with E-state index in [-0.39, 0.29) is 17.3 Å². The van der Waals surface area contributed by atoms with Crippen LogP contribution < -0.4 is 5.32 Å². The molecular weight excluding hydrogens is 274 g/mol. The quantitative estimate of drug-likeness (QED) is 0.839. The van der Waals surface area contributed by atoms with E-state index >= 15 is 0 Å². The fourth-order valence-corrected chi connectivity index (χ4v) is 1.99. The predicted molar refractivity (Wildman–Crippen MR) is 74.1 cm³/mol. The summed E-state index contributed by atoms with van der Waals surface area (Å²) in [5.74, 6) is -0.809. The van der Waals surface area contributed by atoms with Crippen LogP contribution in [-0.2, 0) is 13.5 Å². The van der Waals surface area contributed by atoms with E-state index in [0.29, 0.717) is 12.8 Å². The van der Waals surface area contributed by atoms with Gasteiger partial charge in [0.15, 0.2) is 5.69 Å². The first-order valence-corrected chi connectivity index (χ1v) is 6.57. The van der Waals surface area contributed by atoms with Crippen molar-refractivity contribution in [1.82, 2.24) is 15.1 Å². The van der Waals surface area contributed by atoms with Gasteiger partial charge in [0, 0.05) is 25.7 Å². The molecule has 0 bridgehead atoms. The highest BCUT2D eigenvalue weighted by molar-refractivity contribution is 6.03. The first-order valence-electron chi connectivity index (χ1n) is 6.57. The highest BCUT2D eigenvalue weighted by Gasteiger charge is 2.22. The maximum Gasteiger partial charge on any atom is 0.339 e. The lowest BCUT2D eigenvalue weighted by atomic mass is 10.1. The molecular formula is C14H17N3O4. The van der Waals surface area contributed by atoms with Crippen LogP contribution in [0.4, 0.5) is 0 Å². The Morgan fingerprint density at radius 1 is 1.52 bits per heavy atom. The summed E-state index contributed by atoms with van der Waals surface area (Å²) < 4.78 is 6.53. The van der Waals surface area contributed by atoms with E-state index in [0.717, 1.165) is 5.76 Å². The van der Waals surface area contributed by atoms with Crippen LogP contribution >= 0.6 is 0 Å². The summed E-state index contributed by atoms with van der Waals surface area (Å²) in [6.45, 7) is 1.85. The fourth-order valence-electron chi connectivity index (χ4n) is 1.99. The zero-order valence-electron chi connectivity index (χ0n) is 11.9. The number of amides is 1. The van der Waals surface area contributed by atoms with E-state index in [4.69, 9.17) is 9.52 Å². The molecule has 0 saturated heterocycles. The van der Waals surface area contributed by atoms with Crippen molar-refractivity contribution >= 4 is 11.9 Å². The van der Waals surface area contributed by atoms with Crippen LogP contribution in [0.15, 0.2) is 29.0 Å². The molecule has 0 radical (unpaired) electrons. The number of aromatic nitrogens is 2. The lowest BCUT2D eigenvalue weighted by molar-refractivity contribution is 0.0690. The summed E-state index contributed by atoms with van der Waals surface area (Å²) >= 11 is 0. The van der Waals surface area contributed by atoms with Crippen molar-refractivity contribution in [2.45, 2.75) is 25.8 Å². The minimum absolute atomic E-state index is 0.0742. The average Bonchev–Trinajstić information content (AvgIpc) is 3.05. The van der Waals surface area contributed by atoms with Crippen LogP contribution in [0.1, 0.15) is 40.0 Å². The molecule has 0 aliphatic carbocycles. The highest BCUT2D eigenvalue weighted by atomic mass is 16.4. The molecule has 112 valence electrons. The van der Waals surface area contributed by atoms with E-state index in [1.165, 1.54) is 10.9 Å². The minimum Gasteiger partial charge on any atom is -0.478 e. The first-order chi connectivity index (χ1) is 9.97. The Morgan fingerprint density at radius 2 is 2.29 bits per heavy atom. The van der Waals surface area contributed by atoms with E-state index in [2.05, 4.69) is 10.4 Å². The van der Waals surface area contributed by atoms with Gasteiger partial charge in [0.25, 0.3) is 5.91 Å². The zero-order valence-corrected chi connectivity index (χ0v) is 11.9. The Balaban J connectivity index is 1.96. The zero-order chi connectivity index (χ0) is 15.4. The minimum atomic E-state index is -1.17. The Kier molecular flexibility index (Phi) is 4.42. The van der Waals surface area contributed by atoms with Gasteiger partial charge < -0.3 is 14.8 Å². The normalized spacial score (nSPS) is 12.1. The standard InChI is InChI=1S/C14H17N3O4/c1-9(5-6-10-4-3-7-21-10)15-13(18)12-11(14(19)20)8-17(2)16-12/h3-4,7-9H,5-6H2,1-2H3,(H,15,18)(H,19,20)/t9-/m0/s1. The Morgan fingerprint density at radius 3 is 2.90 bits per heavy atom. The second-order valence-corrected chi connectivity index (χ2v) is 4.86. The molecule has 0 fully saturated rings. The molecule has 0 unspecified atom stereocenters. The molecule has 0 aromatic carbocycles. The third kappa shape index (κ3) is 3.71. The maximum atomic E-state index is 12.1. The molecule has 21 heavy (non-hydrogen) atoms. The van der Waals surface area contributed by atoms with Crippen LogP contribution in [0.3, 0.4) is 0 Å². The van der Waals surface area contributed by atoms with Crippen LogP contribution in [0, 0.1) is 0 Å². The number of carbonyl (C=O) groups is 2. The molecule has 7 heteroatoms. The third-order valence-corrected chi connectivity index (χ3v) is 3.06. The number of carboxylic acids is 1. The monoisotopic (exact) mass is 291 g/mol. The SMILES string of the molecule is C[C@@H](CCc1ccco1)NC(=O)c1nn(C)cc1C(=O)O. The number of aryl methyl sites for hydroxylation is 2. The molecule has 2 heterocycles. The molecule has 0 saturated carbocycles. The second kappa shape index (κ2) is 6.25. The van der Waals surface area contributed by atoms with Gasteiger partial charge in [-0.2, -0.15) is 5.10 Å². The van der Waals surface area contributed by atoms with Crippen molar-refractivity contribution in [2.75, 3.05) is 0 Å². The molecule has 2 rings (SSSR count). The summed E-state index contributed by atoms with van der Waals surface area (Å²) in [6.07, 6.45) is 4.30. The molecule has 0 spiro atoms. The van der Waals surface area contributed by atoms with Gasteiger partial charge in [-0.15, -0.1) is 0 Å². The largest absolute Gasteiger partial charge is 0.478 e. The average molecular weight is 291 g/mol. The summed E-state index contributed by atoms with van der Waals surface area (Å²) in [4.78, 5) is 23.1. The lowest BCUT2D eigenvalue weighted by Gasteiger charge is -2.12. The number of nitrogens with one attached hydrogen (secondary N) is 1. The number of hydrogen-bond acceptors (Lipinski definition) is 4. The number of carboxylic acid groups (broad SMARTS) is 1. The number of carbonyl (C=O) groups excluding carboxylic acids is 1. The van der Waals surface area contributed by atoms with Gasteiger partial charge in [0.2, 0.25) is 0 Å². The third-order valence-electron chi connectivity index (χ3n) is 3.06. The van der Waals surface area contributed by atoms with Gasteiger partial charge >= 0.3 is 5.97 Å². The van der Waals surface area contributed by atoms with E-state index in [9.17, 15) is 9.59 Å². The Bertz CT molecular complexity index is 631. The van der Waals surface area contributed by atoms with Gasteiger partial charge in [0.05, 0.1) is 6.26 Å².